The molecule has 0 amide bonds. The Morgan fingerprint density at radius 3 is 3.00 bits per heavy atom. The van der Waals surface area contributed by atoms with Crippen molar-refractivity contribution in [3.63, 3.8) is 0 Å². The molecule has 2 aromatic heterocycles. The van der Waals surface area contributed by atoms with Crippen LogP contribution >= 0.6 is 11.3 Å². The van der Waals surface area contributed by atoms with Gasteiger partial charge in [-0.3, -0.25) is 0 Å². The summed E-state index contributed by atoms with van der Waals surface area (Å²) in [4.78, 5) is 8.66. The van der Waals surface area contributed by atoms with Gasteiger partial charge in [0.1, 0.15) is 12.1 Å². The van der Waals surface area contributed by atoms with Gasteiger partial charge in [-0.25, -0.2) is 9.97 Å². The Morgan fingerprint density at radius 1 is 1.41 bits per heavy atom. The molecule has 90 valence electrons. The third-order valence-corrected chi connectivity index (χ3v) is 4.39. The first-order valence-corrected chi connectivity index (χ1v) is 6.64. The highest BCUT2D eigenvalue weighted by Crippen LogP contribution is 2.32. The largest absolute Gasteiger partial charge is 0.381 e. The number of hydrogen-bond donors (Lipinski definition) is 1. The van der Waals surface area contributed by atoms with Crippen LogP contribution in [0.5, 0.6) is 0 Å². The lowest BCUT2D eigenvalue weighted by molar-refractivity contribution is 0.0328. The van der Waals surface area contributed by atoms with Gasteiger partial charge < -0.3 is 10.1 Å². The molecule has 2 aromatic rings. The van der Waals surface area contributed by atoms with E-state index in [-0.39, 0.29) is 0 Å². The number of anilines is 1. The van der Waals surface area contributed by atoms with Gasteiger partial charge in [0.15, 0.2) is 0 Å². The smallest absolute Gasteiger partial charge is 0.147 e. The van der Waals surface area contributed by atoms with Gasteiger partial charge in [-0.2, -0.15) is 0 Å². The van der Waals surface area contributed by atoms with Crippen LogP contribution in [-0.4, -0.2) is 29.2 Å². The summed E-state index contributed by atoms with van der Waals surface area (Å²) in [5, 5.41) is 5.61. The van der Waals surface area contributed by atoms with E-state index in [1.165, 1.54) is 5.56 Å². The average molecular weight is 249 g/mol. The standard InChI is InChI=1S/C12H15N3OS/c1-7-5-17-11-10(7)13-6-14-12(11)15-8-3-9(4-8)16-2/h5-6,8-9H,3-4H2,1-2H3,(H,13,14,15). The van der Waals surface area contributed by atoms with Gasteiger partial charge in [-0.1, -0.05) is 0 Å². The van der Waals surface area contributed by atoms with Gasteiger partial charge in [0.05, 0.1) is 16.3 Å². The summed E-state index contributed by atoms with van der Waals surface area (Å²) in [6, 6.07) is 0.487. The Hall–Kier alpha value is -1.20. The number of fused-ring (bicyclic) bond motifs is 1. The number of aryl methyl sites for hydroxylation is 1. The summed E-state index contributed by atoms with van der Waals surface area (Å²) in [6.45, 7) is 2.08. The molecule has 1 aliphatic carbocycles. The predicted molar refractivity (Wildman–Crippen MR) is 69.6 cm³/mol. The van der Waals surface area contributed by atoms with Gasteiger partial charge in [0.2, 0.25) is 0 Å². The second-order valence-electron chi connectivity index (χ2n) is 4.49. The van der Waals surface area contributed by atoms with Gasteiger partial charge in [-0.05, 0) is 30.7 Å². The van der Waals surface area contributed by atoms with Gasteiger partial charge in [-0.15, -0.1) is 11.3 Å². The van der Waals surface area contributed by atoms with Crippen LogP contribution in [0.4, 0.5) is 5.82 Å². The maximum Gasteiger partial charge on any atom is 0.147 e. The van der Waals surface area contributed by atoms with E-state index in [9.17, 15) is 0 Å². The zero-order valence-corrected chi connectivity index (χ0v) is 10.8. The summed E-state index contributed by atoms with van der Waals surface area (Å²) < 4.78 is 6.43. The van der Waals surface area contributed by atoms with E-state index in [0.717, 1.165) is 28.9 Å². The van der Waals surface area contributed by atoms with Gasteiger partial charge in [0, 0.05) is 13.2 Å². The molecule has 0 aliphatic heterocycles. The van der Waals surface area contributed by atoms with Crippen molar-refractivity contribution in [1.29, 1.82) is 0 Å². The van der Waals surface area contributed by atoms with Crippen molar-refractivity contribution < 1.29 is 4.74 Å². The fraction of sp³-hybridized carbons (Fsp3) is 0.500. The lowest BCUT2D eigenvalue weighted by Crippen LogP contribution is -2.40. The van der Waals surface area contributed by atoms with Crippen LogP contribution in [0.25, 0.3) is 10.2 Å². The fourth-order valence-electron chi connectivity index (χ4n) is 2.14. The number of nitrogens with zero attached hydrogens (tertiary/aromatic N) is 2. The van der Waals surface area contributed by atoms with E-state index in [4.69, 9.17) is 4.74 Å². The zero-order valence-electron chi connectivity index (χ0n) is 9.93. The first-order chi connectivity index (χ1) is 8.28. The molecule has 1 fully saturated rings. The van der Waals surface area contributed by atoms with Crippen molar-refractivity contribution in [1.82, 2.24) is 9.97 Å². The Bertz CT molecular complexity index is 534. The number of ether oxygens (including phenoxy) is 1. The molecule has 0 aromatic carbocycles. The summed E-state index contributed by atoms with van der Waals surface area (Å²) in [5.41, 5.74) is 2.29. The number of nitrogens with one attached hydrogen (secondary N) is 1. The molecule has 0 radical (unpaired) electrons. The quantitative estimate of drug-likeness (QED) is 0.908. The maximum atomic E-state index is 5.28. The summed E-state index contributed by atoms with van der Waals surface area (Å²) in [6.07, 6.45) is 4.17. The van der Waals surface area contributed by atoms with E-state index in [1.807, 2.05) is 0 Å². The van der Waals surface area contributed by atoms with Gasteiger partial charge in [0.25, 0.3) is 0 Å². The molecule has 4 nitrogen and oxygen atoms in total. The second-order valence-corrected chi connectivity index (χ2v) is 5.37. The first kappa shape index (κ1) is 10.9. The predicted octanol–water partition coefficient (Wildman–Crippen LogP) is 2.59. The SMILES string of the molecule is COC1CC(Nc2ncnc3c(C)csc23)C1. The Morgan fingerprint density at radius 2 is 2.24 bits per heavy atom. The van der Waals surface area contributed by atoms with Crippen molar-refractivity contribution in [2.45, 2.75) is 31.9 Å². The van der Waals surface area contributed by atoms with Crippen molar-refractivity contribution in [3.8, 4) is 0 Å². The molecule has 1 saturated carbocycles. The maximum absolute atomic E-state index is 5.28. The van der Waals surface area contributed by atoms with Crippen molar-refractivity contribution in [2.24, 2.45) is 0 Å². The Balaban J connectivity index is 1.81. The minimum Gasteiger partial charge on any atom is -0.381 e. The lowest BCUT2D eigenvalue weighted by Gasteiger charge is -2.34. The van der Waals surface area contributed by atoms with Crippen LogP contribution < -0.4 is 5.32 Å². The molecule has 3 rings (SSSR count). The van der Waals surface area contributed by atoms with Crippen LogP contribution in [-0.2, 0) is 4.74 Å². The third kappa shape index (κ3) is 1.89. The van der Waals surface area contributed by atoms with Crippen molar-refractivity contribution in [3.05, 3.63) is 17.3 Å². The lowest BCUT2D eigenvalue weighted by atomic mass is 9.89. The van der Waals surface area contributed by atoms with Crippen LogP contribution in [0.3, 0.4) is 0 Å². The molecule has 0 atom stereocenters. The highest BCUT2D eigenvalue weighted by atomic mass is 32.1. The van der Waals surface area contributed by atoms with Crippen LogP contribution in [0.1, 0.15) is 18.4 Å². The number of thiophene rings is 1. The molecular weight excluding hydrogens is 234 g/mol. The molecule has 0 unspecified atom stereocenters. The molecule has 0 spiro atoms. The molecule has 5 heteroatoms. The summed E-state index contributed by atoms with van der Waals surface area (Å²) >= 11 is 1.70. The summed E-state index contributed by atoms with van der Waals surface area (Å²) in [5.74, 6) is 0.965. The first-order valence-electron chi connectivity index (χ1n) is 5.76. The topological polar surface area (TPSA) is 47.0 Å². The number of methoxy groups -OCH3 is 1. The van der Waals surface area contributed by atoms with E-state index >= 15 is 0 Å². The normalized spacial score (nSPS) is 23.6. The second kappa shape index (κ2) is 4.23. The Kier molecular flexibility index (Phi) is 2.72. The fourth-order valence-corrected chi connectivity index (χ4v) is 3.10. The van der Waals surface area contributed by atoms with E-state index in [0.29, 0.717) is 12.1 Å². The minimum atomic E-state index is 0.412. The Labute approximate surface area is 104 Å². The summed E-state index contributed by atoms with van der Waals surface area (Å²) in [7, 11) is 1.77. The molecule has 0 saturated heterocycles. The number of hydrogen-bond acceptors (Lipinski definition) is 5. The van der Waals surface area contributed by atoms with Crippen LogP contribution in [0.15, 0.2) is 11.7 Å². The van der Waals surface area contributed by atoms with Crippen molar-refractivity contribution >= 4 is 27.4 Å². The number of aromatic nitrogens is 2. The van der Waals surface area contributed by atoms with E-state index in [1.54, 1.807) is 24.8 Å². The molecule has 17 heavy (non-hydrogen) atoms. The molecule has 1 aliphatic rings. The van der Waals surface area contributed by atoms with Crippen molar-refractivity contribution in [2.75, 3.05) is 12.4 Å². The van der Waals surface area contributed by atoms with E-state index < -0.39 is 0 Å². The minimum absolute atomic E-state index is 0.412. The third-order valence-electron chi connectivity index (χ3n) is 3.30. The number of rotatable bonds is 3. The van der Waals surface area contributed by atoms with Gasteiger partial charge >= 0.3 is 0 Å². The zero-order chi connectivity index (χ0) is 11.8. The van der Waals surface area contributed by atoms with Crippen LogP contribution in [0, 0.1) is 6.92 Å². The molecule has 0 bridgehead atoms. The average Bonchev–Trinajstić information content (AvgIpc) is 2.66. The highest BCUT2D eigenvalue weighted by Gasteiger charge is 2.29. The monoisotopic (exact) mass is 249 g/mol. The molecule has 2 heterocycles. The molecule has 1 N–H and O–H groups in total. The van der Waals surface area contributed by atoms with Crippen LogP contribution in [0.2, 0.25) is 0 Å². The van der Waals surface area contributed by atoms with E-state index in [2.05, 4.69) is 27.6 Å². The highest BCUT2D eigenvalue weighted by molar-refractivity contribution is 7.18. The molecular formula is C12H15N3OS.